The van der Waals surface area contributed by atoms with Crippen LogP contribution in [-0.2, 0) is 11.3 Å². The maximum atomic E-state index is 14.2. The molecule has 1 unspecified atom stereocenters. The molecule has 0 radical (unpaired) electrons. The van der Waals surface area contributed by atoms with Crippen molar-refractivity contribution in [2.24, 2.45) is 0 Å². The molecule has 1 N–H and O–H groups in total. The third-order valence-corrected chi connectivity index (χ3v) is 6.15. The van der Waals surface area contributed by atoms with Crippen LogP contribution in [0.1, 0.15) is 12.8 Å². The molecular weight excluding hydrogens is 434 g/mol. The minimum absolute atomic E-state index is 0.0820. The van der Waals surface area contributed by atoms with E-state index < -0.39 is 28.4 Å². The predicted molar refractivity (Wildman–Crippen MR) is 104 cm³/mol. The second-order valence-corrected chi connectivity index (χ2v) is 8.03. The van der Waals surface area contributed by atoms with Gasteiger partial charge in [0.25, 0.3) is 11.9 Å². The zero-order chi connectivity index (χ0) is 21.5. The normalized spacial score (nSPS) is 16.5. The van der Waals surface area contributed by atoms with E-state index in [0.717, 1.165) is 29.3 Å². The molecule has 1 aromatic carbocycles. The Hall–Kier alpha value is -2.92. The number of halogens is 4. The zero-order valence-corrected chi connectivity index (χ0v) is 16.7. The van der Waals surface area contributed by atoms with Crippen molar-refractivity contribution in [3.05, 3.63) is 54.0 Å². The quantitative estimate of drug-likeness (QED) is 0.353. The molecule has 0 aliphatic carbocycles. The SMILES string of the molecule is Fc1nc(F)c(F)c(Sc2nnc(-c3c[nH]c4ccccc34)n2CC2CCCO2)c1F. The summed E-state index contributed by atoms with van der Waals surface area (Å²) in [6, 6.07) is 7.58. The molecule has 3 aromatic heterocycles. The van der Waals surface area contributed by atoms with Crippen LogP contribution in [0.15, 0.2) is 40.5 Å². The van der Waals surface area contributed by atoms with Gasteiger partial charge in [0.2, 0.25) is 0 Å². The first-order valence-corrected chi connectivity index (χ1v) is 10.3. The van der Waals surface area contributed by atoms with Gasteiger partial charge in [-0.1, -0.05) is 18.2 Å². The number of hydrogen-bond acceptors (Lipinski definition) is 5. The van der Waals surface area contributed by atoms with Gasteiger partial charge in [0.15, 0.2) is 22.6 Å². The first-order valence-electron chi connectivity index (χ1n) is 9.52. The van der Waals surface area contributed by atoms with Gasteiger partial charge in [0.1, 0.15) is 0 Å². The number of ether oxygens (including phenoxy) is 1. The maximum absolute atomic E-state index is 14.2. The third-order valence-electron chi connectivity index (χ3n) is 5.11. The van der Waals surface area contributed by atoms with E-state index in [2.05, 4.69) is 20.2 Å². The van der Waals surface area contributed by atoms with Crippen LogP contribution in [0.5, 0.6) is 0 Å². The highest BCUT2D eigenvalue weighted by Gasteiger charge is 2.27. The molecule has 11 heteroatoms. The number of rotatable bonds is 5. The van der Waals surface area contributed by atoms with Crippen molar-refractivity contribution in [1.29, 1.82) is 0 Å². The lowest BCUT2D eigenvalue weighted by Crippen LogP contribution is -2.16. The number of benzene rings is 1. The van der Waals surface area contributed by atoms with E-state index in [9.17, 15) is 17.6 Å². The van der Waals surface area contributed by atoms with E-state index in [1.54, 1.807) is 10.8 Å². The Morgan fingerprint density at radius 2 is 1.87 bits per heavy atom. The third kappa shape index (κ3) is 3.57. The summed E-state index contributed by atoms with van der Waals surface area (Å²) in [5.41, 5.74) is 1.62. The summed E-state index contributed by atoms with van der Waals surface area (Å²) in [4.78, 5) is 4.89. The summed E-state index contributed by atoms with van der Waals surface area (Å²) >= 11 is 0.456. The molecule has 1 aliphatic heterocycles. The summed E-state index contributed by atoms with van der Waals surface area (Å²) in [6.45, 7) is 0.936. The Morgan fingerprint density at radius 1 is 1.10 bits per heavy atom. The lowest BCUT2D eigenvalue weighted by molar-refractivity contribution is 0.0953. The number of aromatic nitrogens is 5. The Balaban J connectivity index is 1.62. The van der Waals surface area contributed by atoms with E-state index in [1.165, 1.54) is 0 Å². The van der Waals surface area contributed by atoms with Gasteiger partial charge in [0.05, 0.1) is 17.5 Å². The smallest absolute Gasteiger partial charge is 0.252 e. The summed E-state index contributed by atoms with van der Waals surface area (Å²) in [7, 11) is 0. The van der Waals surface area contributed by atoms with Crippen LogP contribution in [0.3, 0.4) is 0 Å². The molecule has 1 fully saturated rings. The molecule has 0 saturated carbocycles. The standard InChI is InChI=1S/C20H15F4N5OS/c21-14-16(15(22)18(24)26-17(14)23)31-20-28-27-19(29(20)9-10-4-3-7-30-10)12-8-25-13-6-2-1-5-11(12)13/h1-2,5-6,8,10,25H,3-4,7,9H2. The number of H-pyrrole nitrogens is 1. The van der Waals surface area contributed by atoms with Gasteiger partial charge in [-0.05, 0) is 30.7 Å². The van der Waals surface area contributed by atoms with Crippen molar-refractivity contribution in [2.75, 3.05) is 6.61 Å². The summed E-state index contributed by atoms with van der Waals surface area (Å²) in [6.07, 6.45) is 3.32. The topological polar surface area (TPSA) is 68.6 Å². The first kappa shape index (κ1) is 20.0. The molecule has 0 bridgehead atoms. The fourth-order valence-corrected chi connectivity index (χ4v) is 4.51. The van der Waals surface area contributed by atoms with Crippen LogP contribution in [0.25, 0.3) is 22.3 Å². The van der Waals surface area contributed by atoms with Gasteiger partial charge in [-0.3, -0.25) is 4.57 Å². The molecular formula is C20H15F4N5OS. The predicted octanol–water partition coefficient (Wildman–Crippen LogP) is 4.71. The fraction of sp³-hybridized carbons (Fsp3) is 0.250. The molecule has 6 nitrogen and oxygen atoms in total. The summed E-state index contributed by atoms with van der Waals surface area (Å²) in [5.74, 6) is -6.15. The van der Waals surface area contributed by atoms with Crippen LogP contribution in [0, 0.1) is 23.5 Å². The average molecular weight is 449 g/mol. The molecule has 1 atom stereocenters. The van der Waals surface area contributed by atoms with E-state index in [1.807, 2.05) is 24.3 Å². The Bertz CT molecular complexity index is 1240. The minimum Gasteiger partial charge on any atom is -0.376 e. The Morgan fingerprint density at radius 3 is 2.61 bits per heavy atom. The number of aromatic amines is 1. The Kier molecular flexibility index (Phi) is 5.14. The Labute approximate surface area is 177 Å². The van der Waals surface area contributed by atoms with Crippen LogP contribution in [0.4, 0.5) is 17.6 Å². The lowest BCUT2D eigenvalue weighted by Gasteiger charge is -2.15. The summed E-state index contributed by atoms with van der Waals surface area (Å²) < 4.78 is 62.9. The van der Waals surface area contributed by atoms with Gasteiger partial charge in [-0.25, -0.2) is 8.78 Å². The maximum Gasteiger partial charge on any atom is 0.252 e. The fourth-order valence-electron chi connectivity index (χ4n) is 3.63. The van der Waals surface area contributed by atoms with E-state index in [-0.39, 0.29) is 11.3 Å². The van der Waals surface area contributed by atoms with E-state index in [4.69, 9.17) is 4.74 Å². The van der Waals surface area contributed by atoms with Crippen molar-refractivity contribution in [2.45, 2.75) is 35.5 Å². The molecule has 1 aliphatic rings. The second kappa shape index (κ2) is 7.97. The molecule has 5 rings (SSSR count). The molecule has 4 heterocycles. The highest BCUT2D eigenvalue weighted by Crippen LogP contribution is 2.36. The van der Waals surface area contributed by atoms with Crippen molar-refractivity contribution < 1.29 is 22.3 Å². The number of nitrogens with one attached hydrogen (secondary N) is 1. The van der Waals surface area contributed by atoms with Gasteiger partial charge in [-0.15, -0.1) is 10.2 Å². The monoisotopic (exact) mass is 449 g/mol. The van der Waals surface area contributed by atoms with Gasteiger partial charge < -0.3 is 9.72 Å². The number of hydrogen-bond donors (Lipinski definition) is 1. The largest absolute Gasteiger partial charge is 0.376 e. The molecule has 1 saturated heterocycles. The van der Waals surface area contributed by atoms with Crippen molar-refractivity contribution >= 4 is 22.7 Å². The van der Waals surface area contributed by atoms with Gasteiger partial charge in [0, 0.05) is 29.3 Å². The highest BCUT2D eigenvalue weighted by molar-refractivity contribution is 7.99. The summed E-state index contributed by atoms with van der Waals surface area (Å²) in [5, 5.41) is 9.25. The van der Waals surface area contributed by atoms with Gasteiger partial charge in [-0.2, -0.15) is 13.8 Å². The van der Waals surface area contributed by atoms with Crippen molar-refractivity contribution in [3.63, 3.8) is 0 Å². The zero-order valence-electron chi connectivity index (χ0n) is 15.9. The molecule has 4 aromatic rings. The van der Waals surface area contributed by atoms with Crippen molar-refractivity contribution in [3.8, 4) is 11.4 Å². The molecule has 0 spiro atoms. The molecule has 160 valence electrons. The van der Waals surface area contributed by atoms with Crippen LogP contribution in [0.2, 0.25) is 0 Å². The highest BCUT2D eigenvalue weighted by atomic mass is 32.2. The lowest BCUT2D eigenvalue weighted by atomic mass is 10.1. The van der Waals surface area contributed by atoms with Crippen LogP contribution >= 0.6 is 11.8 Å². The van der Waals surface area contributed by atoms with Crippen LogP contribution < -0.4 is 0 Å². The number of para-hydroxylation sites is 1. The van der Waals surface area contributed by atoms with Gasteiger partial charge >= 0.3 is 0 Å². The number of fused-ring (bicyclic) bond motifs is 1. The second-order valence-electron chi connectivity index (χ2n) is 7.05. The minimum atomic E-state index is -1.72. The molecule has 0 amide bonds. The number of pyridine rings is 1. The first-order chi connectivity index (χ1) is 15.0. The average Bonchev–Trinajstić information content (AvgIpc) is 3.50. The van der Waals surface area contributed by atoms with Crippen molar-refractivity contribution in [1.82, 2.24) is 24.7 Å². The van der Waals surface area contributed by atoms with Crippen LogP contribution in [-0.4, -0.2) is 37.4 Å². The van der Waals surface area contributed by atoms with E-state index >= 15 is 0 Å². The number of nitrogens with zero attached hydrogens (tertiary/aromatic N) is 4. The molecule has 31 heavy (non-hydrogen) atoms. The van der Waals surface area contributed by atoms with E-state index in [0.29, 0.717) is 30.7 Å².